The van der Waals surface area contributed by atoms with E-state index in [0.717, 1.165) is 5.56 Å². The average Bonchev–Trinajstić information content (AvgIpc) is 3.52. The van der Waals surface area contributed by atoms with Crippen LogP contribution in [0.5, 0.6) is 5.75 Å². The maximum atomic E-state index is 13.0. The smallest absolute Gasteiger partial charge is 0.323 e. The molecule has 33 heavy (non-hydrogen) atoms. The normalized spacial score (nSPS) is 18.9. The summed E-state index contributed by atoms with van der Waals surface area (Å²) in [5.41, 5.74) is 0.230. The first-order valence-electron chi connectivity index (χ1n) is 9.91. The molecule has 4 amide bonds. The molecule has 1 fully saturated rings. The highest BCUT2D eigenvalue weighted by molar-refractivity contribution is 6.10. The number of fused-ring (bicyclic) bond motifs is 1. The number of hydrogen-bond donors (Lipinski definition) is 2. The average molecular weight is 443 g/mol. The zero-order valence-corrected chi connectivity index (χ0v) is 17.4. The maximum Gasteiger partial charge on any atom is 0.323 e. The van der Waals surface area contributed by atoms with Gasteiger partial charge in [-0.1, -0.05) is 17.9 Å². The Morgan fingerprint density at radius 3 is 2.76 bits per heavy atom. The van der Waals surface area contributed by atoms with Gasteiger partial charge >= 0.3 is 6.03 Å². The lowest BCUT2D eigenvalue weighted by Crippen LogP contribution is -2.54. The number of benzene rings is 1. The van der Waals surface area contributed by atoms with Crippen molar-refractivity contribution in [2.45, 2.75) is 12.1 Å². The quantitative estimate of drug-likeness (QED) is 0.437. The van der Waals surface area contributed by atoms with E-state index < -0.39 is 17.5 Å². The van der Waals surface area contributed by atoms with Gasteiger partial charge in [-0.25, -0.2) is 19.4 Å². The van der Waals surface area contributed by atoms with Crippen molar-refractivity contribution in [3.05, 3.63) is 65.9 Å². The number of nitrogens with zero attached hydrogens (tertiary/aromatic N) is 5. The van der Waals surface area contributed by atoms with E-state index in [1.165, 1.54) is 35.5 Å². The third kappa shape index (κ3) is 3.63. The fourth-order valence-electron chi connectivity index (χ4n) is 3.71. The van der Waals surface area contributed by atoms with Crippen molar-refractivity contribution in [3.8, 4) is 23.4 Å². The van der Waals surface area contributed by atoms with Crippen LogP contribution >= 0.6 is 0 Å². The van der Waals surface area contributed by atoms with Gasteiger partial charge in [-0.2, -0.15) is 5.10 Å². The molecule has 2 N–H and O–H groups in total. The van der Waals surface area contributed by atoms with Gasteiger partial charge < -0.3 is 15.0 Å². The molecule has 0 radical (unpaired) electrons. The summed E-state index contributed by atoms with van der Waals surface area (Å²) in [6.45, 7) is 0.177. The number of carbonyl (C=O) groups is 3. The van der Waals surface area contributed by atoms with E-state index in [2.05, 4.69) is 37.5 Å². The molecule has 0 saturated carbocycles. The number of imide groups is 1. The van der Waals surface area contributed by atoms with Crippen molar-refractivity contribution in [2.75, 3.05) is 13.7 Å². The number of hydrogen-bond acceptors (Lipinski definition) is 7. The third-order valence-electron chi connectivity index (χ3n) is 5.39. The van der Waals surface area contributed by atoms with Gasteiger partial charge in [-0.05, 0) is 29.8 Å². The van der Waals surface area contributed by atoms with E-state index in [4.69, 9.17) is 4.74 Å². The van der Waals surface area contributed by atoms with Crippen molar-refractivity contribution in [1.29, 1.82) is 0 Å². The van der Waals surface area contributed by atoms with Gasteiger partial charge in [0.05, 0.1) is 13.7 Å². The van der Waals surface area contributed by atoms with Gasteiger partial charge in [-0.3, -0.25) is 14.9 Å². The Morgan fingerprint density at radius 2 is 2.09 bits per heavy atom. The van der Waals surface area contributed by atoms with Crippen LogP contribution in [0.1, 0.15) is 21.5 Å². The maximum absolute atomic E-state index is 13.0. The van der Waals surface area contributed by atoms with Crippen LogP contribution in [0.15, 0.2) is 49.2 Å². The number of aromatic nitrogens is 4. The summed E-state index contributed by atoms with van der Waals surface area (Å²) in [6.07, 6.45) is 4.44. The SMILES string of the molecule is COc1ccc2c(c1)C(=O)N(C[C@@]1(C#Cc3ccc(-n4cncn4)nc3)NC(=O)NC1=O)C2. The molecular weight excluding hydrogens is 426 g/mol. The molecule has 3 aromatic rings. The second kappa shape index (κ2) is 7.76. The molecule has 11 heteroatoms. The number of ether oxygens (including phenoxy) is 1. The van der Waals surface area contributed by atoms with Crippen LogP contribution < -0.4 is 15.4 Å². The highest BCUT2D eigenvalue weighted by Gasteiger charge is 2.48. The van der Waals surface area contributed by atoms with Crippen molar-refractivity contribution >= 4 is 17.8 Å². The number of carbonyl (C=O) groups excluding carboxylic acids is 3. The molecule has 2 aliphatic rings. The molecule has 164 valence electrons. The Morgan fingerprint density at radius 1 is 1.21 bits per heavy atom. The second-order valence-electron chi connectivity index (χ2n) is 7.49. The first-order valence-corrected chi connectivity index (χ1v) is 9.91. The van der Waals surface area contributed by atoms with E-state index >= 15 is 0 Å². The molecule has 4 heterocycles. The molecular formula is C22H17N7O4. The predicted octanol–water partition coefficient (Wildman–Crippen LogP) is 0.257. The van der Waals surface area contributed by atoms with E-state index in [0.29, 0.717) is 29.2 Å². The Labute approximate surface area is 187 Å². The minimum atomic E-state index is -1.59. The minimum Gasteiger partial charge on any atom is -0.497 e. The third-order valence-corrected chi connectivity index (χ3v) is 5.39. The summed E-state index contributed by atoms with van der Waals surface area (Å²) < 4.78 is 6.69. The molecule has 1 atom stereocenters. The van der Waals surface area contributed by atoms with Crippen molar-refractivity contribution < 1.29 is 19.1 Å². The first-order chi connectivity index (χ1) is 16.0. The zero-order chi connectivity index (χ0) is 23.0. The predicted molar refractivity (Wildman–Crippen MR) is 113 cm³/mol. The first kappa shape index (κ1) is 20.2. The molecule has 0 unspecified atom stereocenters. The second-order valence-corrected chi connectivity index (χ2v) is 7.49. The minimum absolute atomic E-state index is 0.113. The number of methoxy groups -OCH3 is 1. The molecule has 11 nitrogen and oxygen atoms in total. The molecule has 5 rings (SSSR count). The molecule has 2 aromatic heterocycles. The van der Waals surface area contributed by atoms with E-state index in [1.54, 1.807) is 30.3 Å². The molecule has 1 aromatic carbocycles. The lowest BCUT2D eigenvalue weighted by atomic mass is 9.99. The molecule has 0 spiro atoms. The van der Waals surface area contributed by atoms with Crippen molar-refractivity contribution in [3.63, 3.8) is 0 Å². The summed E-state index contributed by atoms with van der Waals surface area (Å²) in [5, 5.41) is 8.81. The number of amides is 4. The zero-order valence-electron chi connectivity index (χ0n) is 17.4. The van der Waals surface area contributed by atoms with Crippen molar-refractivity contribution in [1.82, 2.24) is 35.3 Å². The number of rotatable bonds is 4. The largest absolute Gasteiger partial charge is 0.497 e. The van der Waals surface area contributed by atoms with Crippen molar-refractivity contribution in [2.24, 2.45) is 0 Å². The van der Waals surface area contributed by atoms with Gasteiger partial charge in [0.25, 0.3) is 11.8 Å². The Kier molecular flexibility index (Phi) is 4.75. The Hall–Kier alpha value is -4.72. The van der Waals surface area contributed by atoms with Gasteiger partial charge in [0.15, 0.2) is 5.82 Å². The number of pyridine rings is 1. The van der Waals surface area contributed by atoms with Gasteiger partial charge in [-0.15, -0.1) is 0 Å². The van der Waals surface area contributed by atoms with E-state index in [9.17, 15) is 14.4 Å². The topological polar surface area (TPSA) is 131 Å². The van der Waals surface area contributed by atoms with Crippen LogP contribution in [0.25, 0.3) is 5.82 Å². The van der Waals surface area contributed by atoms with Gasteiger partial charge in [0, 0.05) is 23.9 Å². The van der Waals surface area contributed by atoms with Crippen LogP contribution in [0.4, 0.5) is 4.79 Å². The Balaban J connectivity index is 1.42. The number of nitrogens with one attached hydrogen (secondary N) is 2. The lowest BCUT2D eigenvalue weighted by molar-refractivity contribution is -0.122. The van der Waals surface area contributed by atoms with E-state index in [1.807, 2.05) is 0 Å². The molecule has 1 saturated heterocycles. The van der Waals surface area contributed by atoms with Gasteiger partial charge in [0.2, 0.25) is 5.54 Å². The summed E-state index contributed by atoms with van der Waals surface area (Å²) >= 11 is 0. The van der Waals surface area contributed by atoms with Gasteiger partial charge in [0.1, 0.15) is 18.4 Å². The fraction of sp³-hybridized carbons (Fsp3) is 0.182. The summed E-state index contributed by atoms with van der Waals surface area (Å²) in [7, 11) is 1.52. The summed E-state index contributed by atoms with van der Waals surface area (Å²) in [4.78, 5) is 47.3. The summed E-state index contributed by atoms with van der Waals surface area (Å²) in [5.74, 6) is 5.97. The van der Waals surface area contributed by atoms with Crippen LogP contribution in [0, 0.1) is 11.8 Å². The molecule has 0 aliphatic carbocycles. The fourth-order valence-corrected chi connectivity index (χ4v) is 3.71. The molecule has 2 aliphatic heterocycles. The Bertz CT molecular complexity index is 1330. The van der Waals surface area contributed by atoms with Crippen LogP contribution in [-0.2, 0) is 11.3 Å². The summed E-state index contributed by atoms with van der Waals surface area (Å²) in [6, 6.07) is 7.98. The lowest BCUT2D eigenvalue weighted by Gasteiger charge is -2.26. The standard InChI is InChI=1S/C22H17N7O4/c1-33-16-4-3-15-10-28(19(30)17(15)8-16)11-22(20(31)26-21(32)27-22)7-6-14-2-5-18(24-9-14)29-13-23-12-25-29/h2-5,8-9,12-13H,10-11H2,1H3,(H2,26,27,31,32)/t22-/m1/s1. The highest BCUT2D eigenvalue weighted by atomic mass is 16.5. The highest BCUT2D eigenvalue weighted by Crippen LogP contribution is 2.28. The van der Waals surface area contributed by atoms with Crippen LogP contribution in [-0.4, -0.2) is 61.7 Å². The molecule has 0 bridgehead atoms. The van der Waals surface area contributed by atoms with Crippen LogP contribution in [0.3, 0.4) is 0 Å². The van der Waals surface area contributed by atoms with Crippen LogP contribution in [0.2, 0.25) is 0 Å². The number of urea groups is 1. The van der Waals surface area contributed by atoms with E-state index in [-0.39, 0.29) is 12.5 Å². The monoisotopic (exact) mass is 443 g/mol.